The smallest absolute Gasteiger partial charge is 0.233 e. The molecule has 0 unspecified atom stereocenters. The van der Waals surface area contributed by atoms with Crippen LogP contribution in [0.3, 0.4) is 0 Å². The fourth-order valence-electron chi connectivity index (χ4n) is 2.59. The van der Waals surface area contributed by atoms with Crippen molar-refractivity contribution in [1.29, 1.82) is 0 Å². The molecule has 0 bridgehead atoms. The fourth-order valence-corrected chi connectivity index (χ4v) is 3.42. The highest BCUT2D eigenvalue weighted by Crippen LogP contribution is 2.19. The highest BCUT2D eigenvalue weighted by molar-refractivity contribution is 7.99. The first kappa shape index (κ1) is 15.1. The molecule has 1 saturated heterocycles. The van der Waals surface area contributed by atoms with Gasteiger partial charge in [0.25, 0.3) is 0 Å². The van der Waals surface area contributed by atoms with Crippen molar-refractivity contribution in [3.05, 3.63) is 41.7 Å². The average Bonchev–Trinajstić information content (AvgIpc) is 3.18. The molecule has 0 saturated carbocycles. The first-order chi connectivity index (χ1) is 10.7. The van der Waals surface area contributed by atoms with Gasteiger partial charge in [-0.05, 0) is 18.4 Å². The third-order valence-corrected chi connectivity index (χ3v) is 4.92. The third kappa shape index (κ3) is 3.50. The number of hydrogen-bond donors (Lipinski definition) is 0. The Morgan fingerprint density at radius 1 is 1.18 bits per heavy atom. The minimum atomic E-state index is 0.204. The van der Waals surface area contributed by atoms with Gasteiger partial charge in [-0.1, -0.05) is 42.1 Å². The summed E-state index contributed by atoms with van der Waals surface area (Å²) in [6.45, 7) is 1.80. The van der Waals surface area contributed by atoms with E-state index in [4.69, 9.17) is 0 Å². The second-order valence-corrected chi connectivity index (χ2v) is 6.44. The number of carbonyl (C=O) groups is 1. The minimum absolute atomic E-state index is 0.204. The molecule has 116 valence electrons. The molecule has 5 nitrogen and oxygen atoms in total. The van der Waals surface area contributed by atoms with Crippen LogP contribution >= 0.6 is 11.8 Å². The van der Waals surface area contributed by atoms with E-state index in [2.05, 4.69) is 22.3 Å². The van der Waals surface area contributed by atoms with Gasteiger partial charge in [0.1, 0.15) is 5.82 Å². The molecule has 1 amide bonds. The summed E-state index contributed by atoms with van der Waals surface area (Å²) in [6, 6.07) is 10.2. The van der Waals surface area contributed by atoms with Crippen LogP contribution in [0, 0.1) is 0 Å². The molecule has 2 aromatic rings. The SMILES string of the molecule is Cn1c(Cc2ccccc2)nnc1SCC(=O)N1CCCC1. The number of benzene rings is 1. The molecule has 0 N–H and O–H groups in total. The van der Waals surface area contributed by atoms with Crippen LogP contribution in [0.1, 0.15) is 24.2 Å². The van der Waals surface area contributed by atoms with Crippen molar-refractivity contribution >= 4 is 17.7 Å². The van der Waals surface area contributed by atoms with E-state index in [9.17, 15) is 4.79 Å². The number of thioether (sulfide) groups is 1. The average molecular weight is 316 g/mol. The number of amides is 1. The molecule has 0 atom stereocenters. The molecule has 1 aliphatic heterocycles. The molecule has 1 fully saturated rings. The summed E-state index contributed by atoms with van der Waals surface area (Å²) in [5.41, 5.74) is 1.21. The van der Waals surface area contributed by atoms with Gasteiger partial charge in [0.2, 0.25) is 5.91 Å². The highest BCUT2D eigenvalue weighted by atomic mass is 32.2. The van der Waals surface area contributed by atoms with Gasteiger partial charge in [0.05, 0.1) is 5.75 Å². The van der Waals surface area contributed by atoms with E-state index in [0.717, 1.165) is 43.3 Å². The van der Waals surface area contributed by atoms with Gasteiger partial charge in [0.15, 0.2) is 5.16 Å². The lowest BCUT2D eigenvalue weighted by molar-refractivity contribution is -0.127. The summed E-state index contributed by atoms with van der Waals surface area (Å²) >= 11 is 1.47. The van der Waals surface area contributed by atoms with E-state index < -0.39 is 0 Å². The number of carbonyl (C=O) groups excluding carboxylic acids is 1. The fraction of sp³-hybridized carbons (Fsp3) is 0.438. The molecular formula is C16H20N4OS. The molecule has 1 aliphatic rings. The highest BCUT2D eigenvalue weighted by Gasteiger charge is 2.19. The zero-order chi connectivity index (χ0) is 15.4. The molecule has 22 heavy (non-hydrogen) atoms. The van der Waals surface area contributed by atoms with E-state index in [-0.39, 0.29) is 5.91 Å². The van der Waals surface area contributed by atoms with E-state index in [1.54, 1.807) is 0 Å². The number of likely N-dealkylation sites (tertiary alicyclic amines) is 1. The quantitative estimate of drug-likeness (QED) is 0.793. The van der Waals surface area contributed by atoms with Crippen molar-refractivity contribution in [2.75, 3.05) is 18.8 Å². The standard InChI is InChI=1S/C16H20N4OS/c1-19-14(11-13-7-3-2-4-8-13)17-18-16(19)22-12-15(21)20-9-5-6-10-20/h2-4,7-8H,5-6,9-12H2,1H3. The largest absolute Gasteiger partial charge is 0.342 e. The zero-order valence-corrected chi connectivity index (χ0v) is 13.6. The molecule has 0 radical (unpaired) electrons. The van der Waals surface area contributed by atoms with Crippen molar-refractivity contribution < 1.29 is 4.79 Å². The van der Waals surface area contributed by atoms with Crippen molar-refractivity contribution in [1.82, 2.24) is 19.7 Å². The molecule has 0 aliphatic carbocycles. The van der Waals surface area contributed by atoms with Gasteiger partial charge in [-0.2, -0.15) is 0 Å². The van der Waals surface area contributed by atoms with Crippen molar-refractivity contribution in [2.24, 2.45) is 7.05 Å². The van der Waals surface area contributed by atoms with E-state index in [1.165, 1.54) is 17.3 Å². The van der Waals surface area contributed by atoms with Gasteiger partial charge < -0.3 is 9.47 Å². The van der Waals surface area contributed by atoms with Crippen LogP contribution in [0.2, 0.25) is 0 Å². The van der Waals surface area contributed by atoms with E-state index in [0.29, 0.717) is 5.75 Å². The Balaban J connectivity index is 1.59. The minimum Gasteiger partial charge on any atom is -0.342 e. The predicted octanol–water partition coefficient (Wildman–Crippen LogP) is 2.12. The lowest BCUT2D eigenvalue weighted by Gasteiger charge is -2.14. The van der Waals surface area contributed by atoms with Crippen molar-refractivity contribution in [3.63, 3.8) is 0 Å². The van der Waals surface area contributed by atoms with Crippen LogP contribution in [0.5, 0.6) is 0 Å². The van der Waals surface area contributed by atoms with Gasteiger partial charge >= 0.3 is 0 Å². The Morgan fingerprint density at radius 2 is 1.91 bits per heavy atom. The van der Waals surface area contributed by atoms with Gasteiger partial charge in [-0.3, -0.25) is 4.79 Å². The van der Waals surface area contributed by atoms with Gasteiger partial charge in [-0.25, -0.2) is 0 Å². The monoisotopic (exact) mass is 316 g/mol. The maximum atomic E-state index is 12.1. The molecular weight excluding hydrogens is 296 g/mol. The van der Waals surface area contributed by atoms with Crippen LogP contribution in [-0.4, -0.2) is 44.4 Å². The molecule has 1 aromatic carbocycles. The second-order valence-electron chi connectivity index (χ2n) is 5.50. The first-order valence-electron chi connectivity index (χ1n) is 7.57. The molecule has 6 heteroatoms. The number of rotatable bonds is 5. The molecule has 0 spiro atoms. The third-order valence-electron chi connectivity index (χ3n) is 3.91. The maximum Gasteiger partial charge on any atom is 0.233 e. The normalized spacial score (nSPS) is 14.5. The predicted molar refractivity (Wildman–Crippen MR) is 86.8 cm³/mol. The topological polar surface area (TPSA) is 51.0 Å². The zero-order valence-electron chi connectivity index (χ0n) is 12.7. The summed E-state index contributed by atoms with van der Waals surface area (Å²) < 4.78 is 1.98. The summed E-state index contributed by atoms with van der Waals surface area (Å²) in [4.78, 5) is 14.0. The van der Waals surface area contributed by atoms with Crippen LogP contribution in [0.25, 0.3) is 0 Å². The summed E-state index contributed by atoms with van der Waals surface area (Å²) in [7, 11) is 1.96. The first-order valence-corrected chi connectivity index (χ1v) is 8.55. The van der Waals surface area contributed by atoms with E-state index >= 15 is 0 Å². The number of aromatic nitrogens is 3. The lowest BCUT2D eigenvalue weighted by atomic mass is 10.1. The van der Waals surface area contributed by atoms with Crippen molar-refractivity contribution in [2.45, 2.75) is 24.4 Å². The Labute approximate surface area is 134 Å². The number of nitrogens with zero attached hydrogens (tertiary/aromatic N) is 4. The Bertz CT molecular complexity index is 635. The molecule has 1 aromatic heterocycles. The van der Waals surface area contributed by atoms with Crippen LogP contribution in [0.4, 0.5) is 0 Å². The van der Waals surface area contributed by atoms with Crippen molar-refractivity contribution in [3.8, 4) is 0 Å². The van der Waals surface area contributed by atoms with Crippen LogP contribution < -0.4 is 0 Å². The van der Waals surface area contributed by atoms with Gasteiger partial charge in [0, 0.05) is 26.6 Å². The van der Waals surface area contributed by atoms with E-state index in [1.807, 2.05) is 34.7 Å². The Morgan fingerprint density at radius 3 is 2.64 bits per heavy atom. The molecule has 2 heterocycles. The summed E-state index contributed by atoms with van der Waals surface area (Å²) in [5, 5.41) is 9.27. The summed E-state index contributed by atoms with van der Waals surface area (Å²) in [5.74, 6) is 1.56. The number of hydrogen-bond acceptors (Lipinski definition) is 4. The Kier molecular flexibility index (Phi) is 4.77. The molecule has 3 rings (SSSR count). The van der Waals surface area contributed by atoms with Gasteiger partial charge in [-0.15, -0.1) is 10.2 Å². The van der Waals surface area contributed by atoms with Crippen LogP contribution in [0.15, 0.2) is 35.5 Å². The second kappa shape index (κ2) is 6.96. The maximum absolute atomic E-state index is 12.1. The van der Waals surface area contributed by atoms with Crippen LogP contribution in [-0.2, 0) is 18.3 Å². The summed E-state index contributed by atoms with van der Waals surface area (Å²) in [6.07, 6.45) is 3.01. The Hall–Kier alpha value is -1.82. The lowest BCUT2D eigenvalue weighted by Crippen LogP contribution is -2.29.